The molecule has 0 bridgehead atoms. The average Bonchev–Trinajstić information content (AvgIpc) is 2.98. The van der Waals surface area contributed by atoms with E-state index in [0.29, 0.717) is 11.7 Å². The number of nitrogens with zero attached hydrogens (tertiary/aromatic N) is 2. The summed E-state index contributed by atoms with van der Waals surface area (Å²) in [4.78, 5) is 19.5. The van der Waals surface area contributed by atoms with Gasteiger partial charge < -0.3 is 5.32 Å². The molecule has 23 heavy (non-hydrogen) atoms. The number of nitrogens with one attached hydrogen (secondary N) is 1. The monoisotopic (exact) mass is 309 g/mol. The maximum atomic E-state index is 12.4. The SMILES string of the molecule is O=C(NC[C@@H]1CCCN1C1CCC1)c1ccc2ccccc2n1. The van der Waals surface area contributed by atoms with Crippen molar-refractivity contribution in [2.45, 2.75) is 44.2 Å². The standard InChI is InChI=1S/C19H23N3O/c23-19(18-11-10-14-5-1-2-9-17(14)21-18)20-13-16-8-4-12-22(16)15-6-3-7-15/h1-2,5,9-11,15-16H,3-4,6-8,12-13H2,(H,20,23)/t16-/m0/s1. The van der Waals surface area contributed by atoms with Crippen LogP contribution in [0.2, 0.25) is 0 Å². The Kier molecular flexibility index (Phi) is 4.00. The van der Waals surface area contributed by atoms with Crippen molar-refractivity contribution in [1.29, 1.82) is 0 Å². The van der Waals surface area contributed by atoms with E-state index >= 15 is 0 Å². The summed E-state index contributed by atoms with van der Waals surface area (Å²) in [6, 6.07) is 12.9. The van der Waals surface area contributed by atoms with Crippen LogP contribution in [0.15, 0.2) is 36.4 Å². The number of hydrogen-bond donors (Lipinski definition) is 1. The van der Waals surface area contributed by atoms with Gasteiger partial charge in [0.1, 0.15) is 5.69 Å². The van der Waals surface area contributed by atoms with Crippen molar-refractivity contribution in [1.82, 2.24) is 15.2 Å². The van der Waals surface area contributed by atoms with Crippen molar-refractivity contribution in [2.75, 3.05) is 13.1 Å². The zero-order chi connectivity index (χ0) is 15.6. The summed E-state index contributed by atoms with van der Waals surface area (Å²) in [7, 11) is 0. The topological polar surface area (TPSA) is 45.2 Å². The van der Waals surface area contributed by atoms with Gasteiger partial charge in [-0.1, -0.05) is 30.7 Å². The summed E-state index contributed by atoms with van der Waals surface area (Å²) in [5.41, 5.74) is 1.38. The van der Waals surface area contributed by atoms with Crippen molar-refractivity contribution in [3.8, 4) is 0 Å². The Morgan fingerprint density at radius 1 is 1.13 bits per heavy atom. The Morgan fingerprint density at radius 2 is 2.00 bits per heavy atom. The summed E-state index contributed by atoms with van der Waals surface area (Å²) >= 11 is 0. The van der Waals surface area contributed by atoms with Gasteiger partial charge >= 0.3 is 0 Å². The number of carbonyl (C=O) groups excluding carboxylic acids is 1. The molecule has 0 spiro atoms. The Hall–Kier alpha value is -1.94. The van der Waals surface area contributed by atoms with E-state index in [1.165, 1.54) is 38.6 Å². The van der Waals surface area contributed by atoms with Gasteiger partial charge in [0.15, 0.2) is 0 Å². The summed E-state index contributed by atoms with van der Waals surface area (Å²) in [5.74, 6) is -0.0591. The third-order valence-electron chi connectivity index (χ3n) is 5.30. The molecule has 2 fully saturated rings. The number of hydrogen-bond acceptors (Lipinski definition) is 3. The highest BCUT2D eigenvalue weighted by Crippen LogP contribution is 2.31. The smallest absolute Gasteiger partial charge is 0.269 e. The maximum absolute atomic E-state index is 12.4. The molecule has 1 amide bonds. The number of rotatable bonds is 4. The second-order valence-electron chi connectivity index (χ2n) is 6.72. The van der Waals surface area contributed by atoms with E-state index < -0.39 is 0 Å². The highest BCUT2D eigenvalue weighted by Gasteiger charge is 2.33. The Balaban J connectivity index is 1.40. The number of carbonyl (C=O) groups is 1. The van der Waals surface area contributed by atoms with Gasteiger partial charge in [-0.2, -0.15) is 0 Å². The first kappa shape index (κ1) is 14.6. The molecule has 1 atom stereocenters. The Labute approximate surface area is 136 Å². The number of likely N-dealkylation sites (tertiary alicyclic amines) is 1. The van der Waals surface area contributed by atoms with E-state index in [1.807, 2.05) is 36.4 Å². The van der Waals surface area contributed by atoms with Crippen LogP contribution in [0.5, 0.6) is 0 Å². The molecule has 120 valence electrons. The molecule has 4 heteroatoms. The molecule has 2 heterocycles. The van der Waals surface area contributed by atoms with Gasteiger partial charge in [0.05, 0.1) is 5.52 Å². The minimum absolute atomic E-state index is 0.0591. The van der Waals surface area contributed by atoms with Gasteiger partial charge in [-0.3, -0.25) is 9.69 Å². The van der Waals surface area contributed by atoms with Crippen LogP contribution in [0.25, 0.3) is 10.9 Å². The molecule has 1 aromatic carbocycles. The zero-order valence-electron chi connectivity index (χ0n) is 13.4. The number of fused-ring (bicyclic) bond motifs is 1. The van der Waals surface area contributed by atoms with Gasteiger partial charge in [-0.25, -0.2) is 4.98 Å². The van der Waals surface area contributed by atoms with Crippen LogP contribution in [0.1, 0.15) is 42.6 Å². The molecule has 1 aliphatic carbocycles. The molecule has 4 nitrogen and oxygen atoms in total. The van der Waals surface area contributed by atoms with Crippen molar-refractivity contribution in [3.63, 3.8) is 0 Å². The van der Waals surface area contributed by atoms with E-state index in [2.05, 4.69) is 15.2 Å². The number of pyridine rings is 1. The lowest BCUT2D eigenvalue weighted by atomic mass is 9.91. The van der Waals surface area contributed by atoms with E-state index in [1.54, 1.807) is 0 Å². The van der Waals surface area contributed by atoms with Crippen molar-refractivity contribution >= 4 is 16.8 Å². The zero-order valence-corrected chi connectivity index (χ0v) is 13.4. The van der Waals surface area contributed by atoms with Crippen LogP contribution < -0.4 is 5.32 Å². The van der Waals surface area contributed by atoms with Crippen LogP contribution in [-0.4, -0.2) is 41.0 Å². The quantitative estimate of drug-likeness (QED) is 0.944. The lowest BCUT2D eigenvalue weighted by Gasteiger charge is -2.38. The molecular weight excluding hydrogens is 286 g/mol. The largest absolute Gasteiger partial charge is 0.349 e. The average molecular weight is 309 g/mol. The van der Waals surface area contributed by atoms with E-state index in [0.717, 1.165) is 23.5 Å². The predicted molar refractivity (Wildman–Crippen MR) is 91.4 cm³/mol. The van der Waals surface area contributed by atoms with Crippen molar-refractivity contribution in [3.05, 3.63) is 42.1 Å². The molecule has 2 aliphatic rings. The molecule has 1 saturated carbocycles. The minimum Gasteiger partial charge on any atom is -0.349 e. The second kappa shape index (κ2) is 6.28. The highest BCUT2D eigenvalue weighted by atomic mass is 16.1. The van der Waals surface area contributed by atoms with Crippen LogP contribution in [0.4, 0.5) is 0 Å². The van der Waals surface area contributed by atoms with Gasteiger partial charge in [0, 0.05) is 24.0 Å². The fourth-order valence-corrected chi connectivity index (χ4v) is 3.77. The summed E-state index contributed by atoms with van der Waals surface area (Å²) < 4.78 is 0. The summed E-state index contributed by atoms with van der Waals surface area (Å²) in [6.07, 6.45) is 6.47. The molecule has 2 aromatic rings. The molecule has 4 rings (SSSR count). The minimum atomic E-state index is -0.0591. The third kappa shape index (κ3) is 2.95. The van der Waals surface area contributed by atoms with E-state index in [9.17, 15) is 4.79 Å². The van der Waals surface area contributed by atoms with Crippen molar-refractivity contribution in [2.24, 2.45) is 0 Å². The van der Waals surface area contributed by atoms with Crippen LogP contribution >= 0.6 is 0 Å². The number of benzene rings is 1. The Morgan fingerprint density at radius 3 is 2.83 bits per heavy atom. The number of para-hydroxylation sites is 1. The normalized spacial score (nSPS) is 22.2. The van der Waals surface area contributed by atoms with Gasteiger partial charge in [-0.05, 0) is 44.4 Å². The lowest BCUT2D eigenvalue weighted by Crippen LogP contribution is -2.47. The first-order valence-corrected chi connectivity index (χ1v) is 8.71. The summed E-state index contributed by atoms with van der Waals surface area (Å²) in [5, 5.41) is 4.16. The highest BCUT2D eigenvalue weighted by molar-refractivity contribution is 5.94. The van der Waals surface area contributed by atoms with E-state index in [-0.39, 0.29) is 5.91 Å². The number of aromatic nitrogens is 1. The van der Waals surface area contributed by atoms with Gasteiger partial charge in [0.25, 0.3) is 5.91 Å². The lowest BCUT2D eigenvalue weighted by molar-refractivity contribution is 0.0889. The fraction of sp³-hybridized carbons (Fsp3) is 0.474. The molecule has 1 aromatic heterocycles. The molecule has 0 unspecified atom stereocenters. The second-order valence-corrected chi connectivity index (χ2v) is 6.72. The Bertz CT molecular complexity index is 711. The molecule has 0 radical (unpaired) electrons. The first-order valence-electron chi connectivity index (χ1n) is 8.71. The van der Waals surface area contributed by atoms with Gasteiger partial charge in [0.2, 0.25) is 0 Å². The molecule has 1 saturated heterocycles. The van der Waals surface area contributed by atoms with Crippen LogP contribution in [-0.2, 0) is 0 Å². The number of amides is 1. The fourth-order valence-electron chi connectivity index (χ4n) is 3.77. The van der Waals surface area contributed by atoms with Crippen LogP contribution in [0, 0.1) is 0 Å². The maximum Gasteiger partial charge on any atom is 0.269 e. The van der Waals surface area contributed by atoms with Gasteiger partial charge in [-0.15, -0.1) is 0 Å². The predicted octanol–water partition coefficient (Wildman–Crippen LogP) is 2.98. The third-order valence-corrected chi connectivity index (χ3v) is 5.30. The first-order chi connectivity index (χ1) is 11.3. The molecule has 1 aliphatic heterocycles. The van der Waals surface area contributed by atoms with E-state index in [4.69, 9.17) is 0 Å². The molecule has 1 N–H and O–H groups in total. The molecular formula is C19H23N3O. The summed E-state index contributed by atoms with van der Waals surface area (Å²) in [6.45, 7) is 1.93. The van der Waals surface area contributed by atoms with Crippen molar-refractivity contribution < 1.29 is 4.79 Å². The van der Waals surface area contributed by atoms with Crippen LogP contribution in [0.3, 0.4) is 0 Å².